The highest BCUT2D eigenvalue weighted by Crippen LogP contribution is 2.30. The molecule has 4 rings (SSSR count). The van der Waals surface area contributed by atoms with Crippen LogP contribution < -0.4 is 4.74 Å². The first-order valence-corrected chi connectivity index (χ1v) is 8.54. The van der Waals surface area contributed by atoms with Crippen molar-refractivity contribution >= 4 is 5.91 Å². The molecule has 1 aliphatic rings. The molecule has 0 aliphatic carbocycles. The quantitative estimate of drug-likeness (QED) is 0.727. The number of pyridine rings is 2. The van der Waals surface area contributed by atoms with Gasteiger partial charge in [0.05, 0.1) is 13.3 Å². The first-order chi connectivity index (χ1) is 12.8. The Hall–Kier alpha value is -3.21. The average molecular weight is 345 g/mol. The number of likely N-dealkylation sites (tertiary alicyclic amines) is 1. The van der Waals surface area contributed by atoms with Gasteiger partial charge in [0.2, 0.25) is 0 Å². The van der Waals surface area contributed by atoms with Crippen molar-refractivity contribution in [3.8, 4) is 16.9 Å². The van der Waals surface area contributed by atoms with E-state index in [0.29, 0.717) is 11.5 Å². The summed E-state index contributed by atoms with van der Waals surface area (Å²) < 4.78 is 5.35. The number of hydrogen-bond donors (Lipinski definition) is 0. The van der Waals surface area contributed by atoms with Crippen molar-refractivity contribution in [1.82, 2.24) is 14.9 Å². The van der Waals surface area contributed by atoms with Gasteiger partial charge in [0.25, 0.3) is 5.91 Å². The minimum absolute atomic E-state index is 0.0727. The molecule has 1 amide bonds. The summed E-state index contributed by atoms with van der Waals surface area (Å²) in [6.45, 7) is 1.51. The van der Waals surface area contributed by atoms with Crippen molar-refractivity contribution < 1.29 is 9.53 Å². The van der Waals surface area contributed by atoms with E-state index in [2.05, 4.69) is 9.97 Å². The van der Waals surface area contributed by atoms with Crippen LogP contribution in [0.15, 0.2) is 67.3 Å². The maximum absolute atomic E-state index is 12.7. The van der Waals surface area contributed by atoms with Crippen LogP contribution in [0.25, 0.3) is 11.1 Å². The van der Waals surface area contributed by atoms with Crippen molar-refractivity contribution in [2.24, 2.45) is 0 Å². The molecule has 3 heterocycles. The van der Waals surface area contributed by atoms with Gasteiger partial charge in [-0.25, -0.2) is 0 Å². The molecule has 5 heteroatoms. The molecule has 1 fully saturated rings. The predicted molar refractivity (Wildman–Crippen MR) is 99.1 cm³/mol. The van der Waals surface area contributed by atoms with E-state index in [1.54, 1.807) is 31.9 Å². The van der Waals surface area contributed by atoms with E-state index in [9.17, 15) is 4.79 Å². The van der Waals surface area contributed by atoms with Crippen molar-refractivity contribution in [2.45, 2.75) is 5.92 Å². The second-order valence-electron chi connectivity index (χ2n) is 6.34. The molecule has 0 N–H and O–H groups in total. The number of nitrogens with zero attached hydrogens (tertiary/aromatic N) is 3. The smallest absolute Gasteiger partial charge is 0.253 e. The average Bonchev–Trinajstić information content (AvgIpc) is 2.67. The van der Waals surface area contributed by atoms with Crippen LogP contribution in [-0.2, 0) is 0 Å². The summed E-state index contributed by atoms with van der Waals surface area (Å²) in [5.74, 6) is 1.19. The zero-order valence-corrected chi connectivity index (χ0v) is 14.5. The Labute approximate surface area is 152 Å². The Kier molecular flexibility index (Phi) is 4.35. The molecule has 1 aromatic carbocycles. The standard InChI is InChI=1S/C21H19N3O2/c1-26-20-12-23-11-8-19(20)16-2-4-17(5-3-16)21(25)24-13-18(14-24)15-6-9-22-10-7-15/h2-12,18H,13-14H2,1H3. The molecular weight excluding hydrogens is 326 g/mol. The molecule has 0 spiro atoms. The number of carbonyl (C=O) groups is 1. The molecule has 0 bridgehead atoms. The van der Waals surface area contributed by atoms with Crippen LogP contribution >= 0.6 is 0 Å². The normalized spacial score (nSPS) is 14.0. The minimum atomic E-state index is 0.0727. The number of ether oxygens (including phenoxy) is 1. The number of methoxy groups -OCH3 is 1. The lowest BCUT2D eigenvalue weighted by Crippen LogP contribution is -2.48. The lowest BCUT2D eigenvalue weighted by atomic mass is 9.91. The Bertz CT molecular complexity index is 904. The Balaban J connectivity index is 1.45. The molecule has 1 aliphatic heterocycles. The molecule has 0 radical (unpaired) electrons. The van der Waals surface area contributed by atoms with Gasteiger partial charge in [-0.3, -0.25) is 14.8 Å². The third-order valence-corrected chi connectivity index (χ3v) is 4.79. The summed E-state index contributed by atoms with van der Waals surface area (Å²) >= 11 is 0. The summed E-state index contributed by atoms with van der Waals surface area (Å²) in [5.41, 5.74) is 3.90. The topological polar surface area (TPSA) is 55.3 Å². The van der Waals surface area contributed by atoms with Crippen LogP contribution in [0.4, 0.5) is 0 Å². The minimum Gasteiger partial charge on any atom is -0.494 e. The molecular formula is C21H19N3O2. The number of hydrogen-bond acceptors (Lipinski definition) is 4. The first kappa shape index (κ1) is 16.3. The molecule has 130 valence electrons. The molecule has 1 saturated heterocycles. The van der Waals surface area contributed by atoms with E-state index < -0.39 is 0 Å². The SMILES string of the molecule is COc1cnccc1-c1ccc(C(=O)N2CC(c3ccncc3)C2)cc1. The van der Waals surface area contributed by atoms with Gasteiger partial charge in [-0.05, 0) is 41.5 Å². The summed E-state index contributed by atoms with van der Waals surface area (Å²) in [6, 6.07) is 13.6. The number of benzene rings is 1. The van der Waals surface area contributed by atoms with Gasteiger partial charge in [0.15, 0.2) is 0 Å². The molecule has 5 nitrogen and oxygen atoms in total. The van der Waals surface area contributed by atoms with Crippen LogP contribution in [0, 0.1) is 0 Å². The molecule has 0 saturated carbocycles. The highest BCUT2D eigenvalue weighted by Gasteiger charge is 2.32. The summed E-state index contributed by atoms with van der Waals surface area (Å²) in [4.78, 5) is 22.6. The van der Waals surface area contributed by atoms with Gasteiger partial charge in [-0.1, -0.05) is 12.1 Å². The number of rotatable bonds is 4. The third kappa shape index (κ3) is 3.04. The van der Waals surface area contributed by atoms with Gasteiger partial charge >= 0.3 is 0 Å². The van der Waals surface area contributed by atoms with Crippen molar-refractivity contribution in [3.63, 3.8) is 0 Å². The summed E-state index contributed by atoms with van der Waals surface area (Å²) in [5, 5.41) is 0. The largest absolute Gasteiger partial charge is 0.494 e. The van der Waals surface area contributed by atoms with Gasteiger partial charge in [-0.15, -0.1) is 0 Å². The molecule has 0 unspecified atom stereocenters. The van der Waals surface area contributed by atoms with Gasteiger partial charge in [0.1, 0.15) is 5.75 Å². The zero-order valence-electron chi connectivity index (χ0n) is 14.5. The van der Waals surface area contributed by atoms with Crippen LogP contribution in [0.5, 0.6) is 5.75 Å². The fourth-order valence-corrected chi connectivity index (χ4v) is 3.25. The predicted octanol–water partition coefficient (Wildman–Crippen LogP) is 3.39. The molecule has 26 heavy (non-hydrogen) atoms. The van der Waals surface area contributed by atoms with Crippen LogP contribution in [0.2, 0.25) is 0 Å². The Morgan fingerprint density at radius 2 is 1.69 bits per heavy atom. The fraction of sp³-hybridized carbons (Fsp3) is 0.190. The zero-order chi connectivity index (χ0) is 17.9. The van der Waals surface area contributed by atoms with Gasteiger partial charge < -0.3 is 9.64 Å². The van der Waals surface area contributed by atoms with E-state index in [0.717, 1.165) is 30.0 Å². The monoisotopic (exact) mass is 345 g/mol. The maximum Gasteiger partial charge on any atom is 0.253 e. The maximum atomic E-state index is 12.7. The third-order valence-electron chi connectivity index (χ3n) is 4.79. The van der Waals surface area contributed by atoms with Crippen LogP contribution in [0.1, 0.15) is 21.8 Å². The van der Waals surface area contributed by atoms with E-state index in [4.69, 9.17) is 4.74 Å². The number of amides is 1. The van der Waals surface area contributed by atoms with E-state index in [1.165, 1.54) is 5.56 Å². The lowest BCUT2D eigenvalue weighted by Gasteiger charge is -2.39. The Morgan fingerprint density at radius 1 is 1.00 bits per heavy atom. The highest BCUT2D eigenvalue weighted by atomic mass is 16.5. The second kappa shape index (κ2) is 6.96. The van der Waals surface area contributed by atoms with Crippen molar-refractivity contribution in [1.29, 1.82) is 0 Å². The lowest BCUT2D eigenvalue weighted by molar-refractivity contribution is 0.0602. The molecule has 2 aromatic heterocycles. The van der Waals surface area contributed by atoms with E-state index in [-0.39, 0.29) is 5.91 Å². The van der Waals surface area contributed by atoms with Crippen LogP contribution in [0.3, 0.4) is 0 Å². The van der Waals surface area contributed by atoms with Crippen molar-refractivity contribution in [3.05, 3.63) is 78.4 Å². The first-order valence-electron chi connectivity index (χ1n) is 8.54. The molecule has 3 aromatic rings. The van der Waals surface area contributed by atoms with Crippen molar-refractivity contribution in [2.75, 3.05) is 20.2 Å². The van der Waals surface area contributed by atoms with E-state index in [1.807, 2.05) is 47.4 Å². The van der Waals surface area contributed by atoms with Crippen LogP contribution in [-0.4, -0.2) is 41.0 Å². The summed E-state index contributed by atoms with van der Waals surface area (Å²) in [7, 11) is 1.63. The fourth-order valence-electron chi connectivity index (χ4n) is 3.25. The second-order valence-corrected chi connectivity index (χ2v) is 6.34. The number of carbonyl (C=O) groups excluding carboxylic acids is 1. The summed E-state index contributed by atoms with van der Waals surface area (Å²) in [6.07, 6.45) is 7.02. The van der Waals surface area contributed by atoms with Gasteiger partial charge in [-0.2, -0.15) is 0 Å². The molecule has 0 atom stereocenters. The highest BCUT2D eigenvalue weighted by molar-refractivity contribution is 5.95. The van der Waals surface area contributed by atoms with Gasteiger partial charge in [0, 0.05) is 48.7 Å². The Morgan fingerprint density at radius 3 is 2.38 bits per heavy atom. The number of aromatic nitrogens is 2. The van der Waals surface area contributed by atoms with E-state index >= 15 is 0 Å².